The van der Waals surface area contributed by atoms with Crippen molar-refractivity contribution in [3.8, 4) is 22.8 Å². The van der Waals surface area contributed by atoms with E-state index in [-0.39, 0.29) is 5.69 Å². The van der Waals surface area contributed by atoms with Crippen molar-refractivity contribution in [2.24, 2.45) is 0 Å². The monoisotopic (exact) mass is 317 g/mol. The molecule has 3 rings (SSSR count). The van der Waals surface area contributed by atoms with Gasteiger partial charge in [-0.25, -0.2) is 4.98 Å². The lowest BCUT2D eigenvalue weighted by molar-refractivity contribution is -0.145. The molecule has 23 heavy (non-hydrogen) atoms. The number of rotatable bonds is 3. The van der Waals surface area contributed by atoms with Gasteiger partial charge in [0.15, 0.2) is 0 Å². The third-order valence-electron chi connectivity index (χ3n) is 2.94. The summed E-state index contributed by atoms with van der Waals surface area (Å²) in [5.74, 6) is 0.0364. The van der Waals surface area contributed by atoms with Gasteiger partial charge in [0.05, 0.1) is 6.20 Å². The van der Waals surface area contributed by atoms with Crippen molar-refractivity contribution < 1.29 is 17.9 Å². The van der Waals surface area contributed by atoms with E-state index in [1.807, 2.05) is 30.3 Å². The molecule has 0 saturated carbocycles. The summed E-state index contributed by atoms with van der Waals surface area (Å²) in [7, 11) is 0. The summed E-state index contributed by atoms with van der Waals surface area (Å²) in [5, 5.41) is 6.65. The molecule has 7 heteroatoms. The maximum Gasteiger partial charge on any atom is 0.453 e. The first-order chi connectivity index (χ1) is 11.0. The van der Waals surface area contributed by atoms with Crippen LogP contribution in [0.4, 0.5) is 13.2 Å². The second-order valence-corrected chi connectivity index (χ2v) is 4.60. The fourth-order valence-electron chi connectivity index (χ4n) is 1.86. The normalized spacial score (nSPS) is 11.3. The number of ether oxygens (including phenoxy) is 1. The highest BCUT2D eigenvalue weighted by molar-refractivity contribution is 5.58. The van der Waals surface area contributed by atoms with Crippen molar-refractivity contribution in [1.82, 2.24) is 15.2 Å². The van der Waals surface area contributed by atoms with Crippen LogP contribution < -0.4 is 4.74 Å². The molecular formula is C16H10F3N3O. The molecule has 0 aliphatic heterocycles. The van der Waals surface area contributed by atoms with Gasteiger partial charge in [0.2, 0.25) is 0 Å². The Balaban J connectivity index is 1.77. The fraction of sp³-hybridized carbons (Fsp3) is 0.0625. The fourth-order valence-corrected chi connectivity index (χ4v) is 1.86. The summed E-state index contributed by atoms with van der Waals surface area (Å²) in [6.45, 7) is 0. The van der Waals surface area contributed by atoms with Crippen LogP contribution in [0.15, 0.2) is 60.8 Å². The Kier molecular flexibility index (Phi) is 3.92. The number of hydrogen-bond acceptors (Lipinski definition) is 4. The summed E-state index contributed by atoms with van der Waals surface area (Å²) in [5.41, 5.74) is 0.850. The second kappa shape index (κ2) is 6.04. The SMILES string of the molecule is FC(F)(F)c1ncc(-c2ccc(Oc3ccccc3)cc2)nn1. The minimum absolute atomic E-state index is 0.254. The molecule has 3 aromatic rings. The van der Waals surface area contributed by atoms with Gasteiger partial charge in [0, 0.05) is 5.56 Å². The first-order valence-corrected chi connectivity index (χ1v) is 6.62. The molecule has 0 spiro atoms. The summed E-state index contributed by atoms with van der Waals surface area (Å²) < 4.78 is 42.8. The van der Waals surface area contributed by atoms with Crippen molar-refractivity contribution in [3.05, 3.63) is 66.6 Å². The highest BCUT2D eigenvalue weighted by Gasteiger charge is 2.35. The van der Waals surface area contributed by atoms with Crippen molar-refractivity contribution >= 4 is 0 Å². The Morgan fingerprint density at radius 1 is 0.783 bits per heavy atom. The van der Waals surface area contributed by atoms with Crippen molar-refractivity contribution in [3.63, 3.8) is 0 Å². The average Bonchev–Trinajstić information content (AvgIpc) is 2.56. The predicted octanol–water partition coefficient (Wildman–Crippen LogP) is 4.35. The van der Waals surface area contributed by atoms with Gasteiger partial charge in [-0.05, 0) is 36.4 Å². The second-order valence-electron chi connectivity index (χ2n) is 4.60. The Bertz CT molecular complexity index is 772. The van der Waals surface area contributed by atoms with E-state index in [2.05, 4.69) is 15.2 Å². The Morgan fingerprint density at radius 2 is 1.43 bits per heavy atom. The third-order valence-corrected chi connectivity index (χ3v) is 2.94. The van der Waals surface area contributed by atoms with Gasteiger partial charge in [0.25, 0.3) is 5.82 Å². The van der Waals surface area contributed by atoms with Crippen LogP contribution in [-0.4, -0.2) is 15.2 Å². The van der Waals surface area contributed by atoms with Gasteiger partial charge in [-0.1, -0.05) is 18.2 Å². The molecule has 0 atom stereocenters. The summed E-state index contributed by atoms with van der Waals surface area (Å²) in [6.07, 6.45) is -3.55. The van der Waals surface area contributed by atoms with Crippen LogP contribution in [0.2, 0.25) is 0 Å². The van der Waals surface area contributed by atoms with E-state index in [0.717, 1.165) is 6.20 Å². The Hall–Kier alpha value is -2.96. The van der Waals surface area contributed by atoms with Crippen molar-refractivity contribution in [1.29, 1.82) is 0 Å². The number of hydrogen-bond donors (Lipinski definition) is 0. The maximum absolute atomic E-state index is 12.4. The number of benzene rings is 2. The molecule has 0 saturated heterocycles. The molecular weight excluding hydrogens is 307 g/mol. The molecule has 1 aromatic heterocycles. The van der Waals surface area contributed by atoms with Crippen LogP contribution in [0.5, 0.6) is 11.5 Å². The van der Waals surface area contributed by atoms with Gasteiger partial charge in [-0.3, -0.25) is 0 Å². The number of alkyl halides is 3. The van der Waals surface area contributed by atoms with Gasteiger partial charge in [-0.2, -0.15) is 13.2 Å². The van der Waals surface area contributed by atoms with Gasteiger partial charge < -0.3 is 4.74 Å². The van der Waals surface area contributed by atoms with Crippen LogP contribution in [0.3, 0.4) is 0 Å². The largest absolute Gasteiger partial charge is 0.457 e. The van der Waals surface area contributed by atoms with Crippen molar-refractivity contribution in [2.75, 3.05) is 0 Å². The lowest BCUT2D eigenvalue weighted by Gasteiger charge is -2.07. The van der Waals surface area contributed by atoms with E-state index in [4.69, 9.17) is 4.74 Å². The highest BCUT2D eigenvalue weighted by atomic mass is 19.4. The third kappa shape index (κ3) is 3.63. The molecule has 4 nitrogen and oxygen atoms in total. The quantitative estimate of drug-likeness (QED) is 0.720. The number of nitrogens with zero attached hydrogens (tertiary/aromatic N) is 3. The molecule has 0 N–H and O–H groups in total. The first-order valence-electron chi connectivity index (χ1n) is 6.62. The van der Waals surface area contributed by atoms with Crippen LogP contribution in [0.1, 0.15) is 5.82 Å². The first kappa shape index (κ1) is 15.0. The van der Waals surface area contributed by atoms with Crippen LogP contribution in [-0.2, 0) is 6.18 Å². The van der Waals surface area contributed by atoms with E-state index in [1.54, 1.807) is 24.3 Å². The molecule has 0 bridgehead atoms. The van der Waals surface area contributed by atoms with E-state index in [0.29, 0.717) is 17.1 Å². The molecule has 116 valence electrons. The van der Waals surface area contributed by atoms with Crippen LogP contribution in [0.25, 0.3) is 11.3 Å². The lowest BCUT2D eigenvalue weighted by Crippen LogP contribution is -2.12. The molecule has 0 aliphatic rings. The van der Waals surface area contributed by atoms with Gasteiger partial charge >= 0.3 is 6.18 Å². The maximum atomic E-state index is 12.4. The molecule has 0 radical (unpaired) electrons. The minimum atomic E-state index is -4.60. The average molecular weight is 317 g/mol. The minimum Gasteiger partial charge on any atom is -0.457 e. The number of halogens is 3. The molecule has 0 aliphatic carbocycles. The number of aromatic nitrogens is 3. The lowest BCUT2D eigenvalue weighted by atomic mass is 10.1. The zero-order valence-electron chi connectivity index (χ0n) is 11.7. The van der Waals surface area contributed by atoms with E-state index in [9.17, 15) is 13.2 Å². The number of para-hydroxylation sites is 1. The van der Waals surface area contributed by atoms with Gasteiger partial charge in [-0.15, -0.1) is 10.2 Å². The molecule has 0 fully saturated rings. The van der Waals surface area contributed by atoms with E-state index >= 15 is 0 Å². The van der Waals surface area contributed by atoms with E-state index < -0.39 is 12.0 Å². The van der Waals surface area contributed by atoms with Crippen molar-refractivity contribution in [2.45, 2.75) is 6.18 Å². The molecule has 1 heterocycles. The predicted molar refractivity (Wildman–Crippen MR) is 76.8 cm³/mol. The topological polar surface area (TPSA) is 47.9 Å². The smallest absolute Gasteiger partial charge is 0.453 e. The highest BCUT2D eigenvalue weighted by Crippen LogP contribution is 2.27. The molecule has 0 unspecified atom stereocenters. The zero-order valence-corrected chi connectivity index (χ0v) is 11.7. The Labute approximate surface area is 129 Å². The van der Waals surface area contributed by atoms with E-state index in [1.165, 1.54) is 0 Å². The standard InChI is InChI=1S/C16H10F3N3O/c17-16(18,19)15-20-10-14(21-22-15)11-6-8-13(9-7-11)23-12-4-2-1-3-5-12/h1-10H. The summed E-state index contributed by atoms with van der Waals surface area (Å²) in [4.78, 5) is 3.29. The van der Waals surface area contributed by atoms with Crippen LogP contribution >= 0.6 is 0 Å². The van der Waals surface area contributed by atoms with Crippen LogP contribution in [0, 0.1) is 0 Å². The zero-order chi connectivity index (χ0) is 16.3. The Morgan fingerprint density at radius 3 is 2.00 bits per heavy atom. The summed E-state index contributed by atoms with van der Waals surface area (Å²) >= 11 is 0. The summed E-state index contributed by atoms with van der Waals surface area (Å²) in [6, 6.07) is 16.0. The molecule has 0 amide bonds. The molecule has 2 aromatic carbocycles. The van der Waals surface area contributed by atoms with Gasteiger partial charge in [0.1, 0.15) is 17.2 Å².